The van der Waals surface area contributed by atoms with Crippen LogP contribution in [-0.4, -0.2) is 24.2 Å². The van der Waals surface area contributed by atoms with Crippen molar-refractivity contribution in [2.24, 2.45) is 0 Å². The molecule has 0 N–H and O–H groups in total. The fourth-order valence-corrected chi connectivity index (χ4v) is 1.65. The zero-order valence-electron chi connectivity index (χ0n) is 9.49. The molecule has 17 heavy (non-hydrogen) atoms. The van der Waals surface area contributed by atoms with Crippen LogP contribution >= 0.6 is 22.6 Å². The molecule has 1 rings (SSSR count). The number of halogens is 1. The lowest BCUT2D eigenvalue weighted by Crippen LogP contribution is -2.10. The number of ether oxygens (including phenoxy) is 2. The largest absolute Gasteiger partial charge is 0.477 e. The molecule has 0 aliphatic heterocycles. The first-order chi connectivity index (χ1) is 8.13. The van der Waals surface area contributed by atoms with E-state index in [0.717, 1.165) is 0 Å². The third-order valence-electron chi connectivity index (χ3n) is 1.84. The van der Waals surface area contributed by atoms with Crippen LogP contribution < -0.4 is 4.74 Å². The highest BCUT2D eigenvalue weighted by Crippen LogP contribution is 2.21. The van der Waals surface area contributed by atoms with Crippen molar-refractivity contribution in [2.45, 2.75) is 13.8 Å². The molecule has 0 aliphatic rings. The lowest BCUT2D eigenvalue weighted by molar-refractivity contribution is 0.0521. The summed E-state index contributed by atoms with van der Waals surface area (Å²) in [6.07, 6.45) is 0. The van der Waals surface area contributed by atoms with Gasteiger partial charge in [0.1, 0.15) is 15.3 Å². The van der Waals surface area contributed by atoms with E-state index in [9.17, 15) is 4.79 Å². The van der Waals surface area contributed by atoms with Crippen molar-refractivity contribution in [1.82, 2.24) is 4.98 Å². The standard InChI is InChI=1S/C11H11IN2O3/c1-3-16-10-8(11(15)17-4-2)5-7(6-13)9(12)14-10/h5H,3-4H2,1-2H3. The maximum atomic E-state index is 11.7. The molecule has 0 saturated heterocycles. The van der Waals surface area contributed by atoms with Crippen molar-refractivity contribution in [2.75, 3.05) is 13.2 Å². The van der Waals surface area contributed by atoms with E-state index in [1.165, 1.54) is 6.07 Å². The summed E-state index contributed by atoms with van der Waals surface area (Å²) < 4.78 is 10.6. The maximum absolute atomic E-state index is 11.7. The van der Waals surface area contributed by atoms with E-state index in [1.54, 1.807) is 13.8 Å². The first-order valence-corrected chi connectivity index (χ1v) is 6.12. The van der Waals surface area contributed by atoms with E-state index in [1.807, 2.05) is 28.7 Å². The summed E-state index contributed by atoms with van der Waals surface area (Å²) in [4.78, 5) is 15.7. The highest BCUT2D eigenvalue weighted by atomic mass is 127. The second kappa shape index (κ2) is 6.39. The quantitative estimate of drug-likeness (QED) is 0.475. The van der Waals surface area contributed by atoms with Crippen molar-refractivity contribution in [3.63, 3.8) is 0 Å². The van der Waals surface area contributed by atoms with E-state index in [4.69, 9.17) is 14.7 Å². The molecule has 0 radical (unpaired) electrons. The van der Waals surface area contributed by atoms with Crippen LogP contribution in [-0.2, 0) is 4.74 Å². The average molecular weight is 346 g/mol. The van der Waals surface area contributed by atoms with Crippen molar-refractivity contribution >= 4 is 28.6 Å². The van der Waals surface area contributed by atoms with E-state index in [0.29, 0.717) is 15.9 Å². The van der Waals surface area contributed by atoms with Gasteiger partial charge in [-0.1, -0.05) is 0 Å². The summed E-state index contributed by atoms with van der Waals surface area (Å²) in [5, 5.41) is 8.89. The van der Waals surface area contributed by atoms with E-state index >= 15 is 0 Å². The number of pyridine rings is 1. The average Bonchev–Trinajstić information content (AvgIpc) is 2.30. The Morgan fingerprint density at radius 3 is 2.76 bits per heavy atom. The van der Waals surface area contributed by atoms with E-state index in [-0.39, 0.29) is 18.1 Å². The Hall–Kier alpha value is -1.36. The molecule has 0 aliphatic carbocycles. The number of nitrogens with zero attached hydrogens (tertiary/aromatic N) is 2. The summed E-state index contributed by atoms with van der Waals surface area (Å²) in [7, 11) is 0. The van der Waals surface area contributed by atoms with E-state index in [2.05, 4.69) is 4.98 Å². The van der Waals surface area contributed by atoms with Gasteiger partial charge in [0.15, 0.2) is 0 Å². The second-order valence-electron chi connectivity index (χ2n) is 2.94. The van der Waals surface area contributed by atoms with Gasteiger partial charge in [-0.25, -0.2) is 9.78 Å². The molecule has 0 saturated carbocycles. The fourth-order valence-electron chi connectivity index (χ4n) is 1.16. The van der Waals surface area contributed by atoms with Crippen LogP contribution in [0, 0.1) is 15.0 Å². The number of rotatable bonds is 4. The van der Waals surface area contributed by atoms with Gasteiger partial charge in [-0.05, 0) is 42.5 Å². The number of hydrogen-bond acceptors (Lipinski definition) is 5. The Labute approximate surface area is 113 Å². The predicted octanol–water partition coefficient (Wildman–Crippen LogP) is 2.13. The van der Waals surface area contributed by atoms with Crippen LogP contribution in [0.5, 0.6) is 5.88 Å². The third-order valence-corrected chi connectivity index (χ3v) is 2.66. The molecule has 0 atom stereocenters. The number of hydrogen-bond donors (Lipinski definition) is 0. The Balaban J connectivity index is 3.24. The summed E-state index contributed by atoms with van der Waals surface area (Å²) in [6.45, 7) is 4.16. The van der Waals surface area contributed by atoms with Crippen LogP contribution in [0.15, 0.2) is 6.07 Å². The van der Waals surface area contributed by atoms with Gasteiger partial charge >= 0.3 is 5.97 Å². The van der Waals surface area contributed by atoms with Gasteiger partial charge < -0.3 is 9.47 Å². The zero-order chi connectivity index (χ0) is 12.8. The smallest absolute Gasteiger partial charge is 0.343 e. The molecular formula is C11H11IN2O3. The topological polar surface area (TPSA) is 72.2 Å². The van der Waals surface area contributed by atoms with Crippen LogP contribution in [0.4, 0.5) is 0 Å². The van der Waals surface area contributed by atoms with Crippen LogP contribution in [0.1, 0.15) is 29.8 Å². The van der Waals surface area contributed by atoms with Crippen LogP contribution in [0.2, 0.25) is 0 Å². The minimum absolute atomic E-state index is 0.186. The molecule has 1 aromatic heterocycles. The first kappa shape index (κ1) is 13.7. The molecule has 0 bridgehead atoms. The Kier molecular flexibility index (Phi) is 5.15. The van der Waals surface area contributed by atoms with Gasteiger partial charge in [-0.2, -0.15) is 5.26 Å². The highest BCUT2D eigenvalue weighted by molar-refractivity contribution is 14.1. The molecule has 6 heteroatoms. The van der Waals surface area contributed by atoms with Gasteiger partial charge in [0.05, 0.1) is 18.8 Å². The molecule has 0 fully saturated rings. The van der Waals surface area contributed by atoms with Gasteiger partial charge in [0.25, 0.3) is 0 Å². The van der Waals surface area contributed by atoms with Crippen molar-refractivity contribution in [3.05, 3.63) is 20.9 Å². The zero-order valence-corrected chi connectivity index (χ0v) is 11.6. The molecule has 1 heterocycles. The fraction of sp³-hybridized carbons (Fsp3) is 0.364. The molecule has 5 nitrogen and oxygen atoms in total. The Morgan fingerprint density at radius 2 is 2.24 bits per heavy atom. The number of esters is 1. The number of nitriles is 1. The Morgan fingerprint density at radius 1 is 1.53 bits per heavy atom. The van der Waals surface area contributed by atoms with Gasteiger partial charge in [-0.15, -0.1) is 0 Å². The molecule has 0 spiro atoms. The molecular weight excluding hydrogens is 335 g/mol. The molecule has 0 unspecified atom stereocenters. The lowest BCUT2D eigenvalue weighted by atomic mass is 10.2. The SMILES string of the molecule is CCOC(=O)c1cc(C#N)c(I)nc1OCC. The summed E-state index contributed by atoms with van der Waals surface area (Å²) >= 11 is 1.92. The first-order valence-electron chi connectivity index (χ1n) is 5.04. The van der Waals surface area contributed by atoms with Crippen molar-refractivity contribution in [3.8, 4) is 11.9 Å². The molecule has 0 amide bonds. The van der Waals surface area contributed by atoms with E-state index < -0.39 is 5.97 Å². The second-order valence-corrected chi connectivity index (χ2v) is 3.97. The van der Waals surface area contributed by atoms with Gasteiger partial charge in [-0.3, -0.25) is 0 Å². The lowest BCUT2D eigenvalue weighted by Gasteiger charge is -2.09. The predicted molar refractivity (Wildman–Crippen MR) is 68.8 cm³/mol. The van der Waals surface area contributed by atoms with Crippen LogP contribution in [0.3, 0.4) is 0 Å². The van der Waals surface area contributed by atoms with Crippen molar-refractivity contribution < 1.29 is 14.3 Å². The maximum Gasteiger partial charge on any atom is 0.343 e. The normalized spacial score (nSPS) is 9.53. The highest BCUT2D eigenvalue weighted by Gasteiger charge is 2.18. The minimum atomic E-state index is -0.531. The van der Waals surface area contributed by atoms with Crippen LogP contribution in [0.25, 0.3) is 0 Å². The van der Waals surface area contributed by atoms with Gasteiger partial charge in [0.2, 0.25) is 5.88 Å². The summed E-state index contributed by atoms with van der Waals surface area (Å²) in [6, 6.07) is 3.41. The minimum Gasteiger partial charge on any atom is -0.477 e. The number of carbonyl (C=O) groups excluding carboxylic acids is 1. The monoisotopic (exact) mass is 346 g/mol. The molecule has 1 aromatic rings. The number of carbonyl (C=O) groups is 1. The Bertz CT molecular complexity index is 469. The summed E-state index contributed by atoms with van der Waals surface area (Å²) in [5.74, 6) is -0.328. The third kappa shape index (κ3) is 3.30. The number of aromatic nitrogens is 1. The van der Waals surface area contributed by atoms with Crippen molar-refractivity contribution in [1.29, 1.82) is 5.26 Å². The summed E-state index contributed by atoms with van der Waals surface area (Å²) in [5.41, 5.74) is 0.516. The van der Waals surface area contributed by atoms with Gasteiger partial charge in [0, 0.05) is 0 Å². The molecule has 0 aromatic carbocycles. The molecule has 90 valence electrons.